The number of hydrogen-bond donors (Lipinski definition) is 0. The Morgan fingerprint density at radius 3 is 1.74 bits per heavy atom. The van der Waals surface area contributed by atoms with Crippen LogP contribution in [0, 0.1) is 0 Å². The van der Waals surface area contributed by atoms with Gasteiger partial charge < -0.3 is 4.57 Å². The lowest BCUT2D eigenvalue weighted by Crippen LogP contribution is -2.00. The van der Waals surface area contributed by atoms with E-state index >= 15 is 0 Å². The van der Waals surface area contributed by atoms with E-state index < -0.39 is 0 Å². The monoisotopic (exact) mass is 762 g/mol. The smallest absolute Gasteiger partial charge is 0.165 e. The van der Waals surface area contributed by atoms with E-state index in [1.165, 1.54) is 73.3 Å². The number of hydrogen-bond acceptors (Lipinski definition) is 5. The lowest BCUT2D eigenvalue weighted by Gasteiger charge is -2.10. The van der Waals surface area contributed by atoms with Crippen LogP contribution in [0.3, 0.4) is 0 Å². The summed E-state index contributed by atoms with van der Waals surface area (Å²) in [6.45, 7) is 0. The third-order valence-electron chi connectivity index (χ3n) is 11.1. The van der Waals surface area contributed by atoms with Crippen LogP contribution >= 0.6 is 22.7 Å². The molecule has 0 saturated carbocycles. The highest BCUT2D eigenvalue weighted by atomic mass is 32.1. The first-order chi connectivity index (χ1) is 28.2. The van der Waals surface area contributed by atoms with Gasteiger partial charge in [0.25, 0.3) is 0 Å². The topological polar surface area (TPSA) is 43.6 Å². The van der Waals surface area contributed by atoms with Crippen molar-refractivity contribution in [2.24, 2.45) is 0 Å². The van der Waals surface area contributed by atoms with Crippen LogP contribution in [0.4, 0.5) is 0 Å². The van der Waals surface area contributed by atoms with Gasteiger partial charge in [-0.2, -0.15) is 0 Å². The zero-order valence-corrected chi connectivity index (χ0v) is 32.1. The molecule has 0 spiro atoms. The molecule has 57 heavy (non-hydrogen) atoms. The molecule has 266 valence electrons. The molecule has 12 rings (SSSR count). The summed E-state index contributed by atoms with van der Waals surface area (Å²) < 4.78 is 7.31. The average molecular weight is 763 g/mol. The predicted octanol–water partition coefficient (Wildman–Crippen LogP) is 14.4. The van der Waals surface area contributed by atoms with Crippen LogP contribution in [-0.4, -0.2) is 19.5 Å². The molecule has 0 aliphatic carbocycles. The van der Waals surface area contributed by atoms with E-state index in [9.17, 15) is 0 Å². The molecular formula is C51H30N4S2. The standard InChI is InChI=1S/C51H30N4S2/c1-3-12-31(13-4-1)49-52-50(54-51(53-49)40-19-11-18-39-38-17-8-10-21-45(38)57-48(39)40)34-24-27-47-42(29-34)41-28-32(23-26-46(41)56-47)33-22-25-37-36-16-7-9-20-43(36)55(44(37)30-33)35-14-5-2-6-15-35/h1-30H. The number of aromatic nitrogens is 4. The van der Waals surface area contributed by atoms with Gasteiger partial charge in [0.15, 0.2) is 17.5 Å². The maximum atomic E-state index is 5.22. The summed E-state index contributed by atoms with van der Waals surface area (Å²) in [6, 6.07) is 65.0. The zero-order chi connectivity index (χ0) is 37.5. The number of thiophene rings is 2. The summed E-state index contributed by atoms with van der Waals surface area (Å²) in [4.78, 5) is 15.5. The summed E-state index contributed by atoms with van der Waals surface area (Å²) in [5, 5.41) is 7.41. The minimum atomic E-state index is 0.661. The molecule has 0 atom stereocenters. The van der Waals surface area contributed by atoms with Gasteiger partial charge in [0.1, 0.15) is 0 Å². The number of nitrogens with zero attached hydrogens (tertiary/aromatic N) is 4. The Bertz CT molecular complexity index is 3530. The van der Waals surface area contributed by atoms with Crippen LogP contribution < -0.4 is 0 Å². The van der Waals surface area contributed by atoms with Crippen LogP contribution in [0.15, 0.2) is 182 Å². The fourth-order valence-electron chi connectivity index (χ4n) is 8.37. The molecule has 0 saturated heterocycles. The number of fused-ring (bicyclic) bond motifs is 9. The van der Waals surface area contributed by atoms with Crippen molar-refractivity contribution in [2.75, 3.05) is 0 Å². The Hall–Kier alpha value is -6.99. The van der Waals surface area contributed by atoms with Crippen LogP contribution in [0.2, 0.25) is 0 Å². The highest BCUT2D eigenvalue weighted by Crippen LogP contribution is 2.42. The lowest BCUT2D eigenvalue weighted by molar-refractivity contribution is 1.08. The first-order valence-electron chi connectivity index (χ1n) is 19.0. The van der Waals surface area contributed by atoms with E-state index in [1.807, 2.05) is 29.5 Å². The van der Waals surface area contributed by atoms with E-state index in [4.69, 9.17) is 15.0 Å². The van der Waals surface area contributed by atoms with E-state index in [-0.39, 0.29) is 0 Å². The van der Waals surface area contributed by atoms with Gasteiger partial charge in [-0.25, -0.2) is 15.0 Å². The Morgan fingerprint density at radius 2 is 0.912 bits per heavy atom. The second kappa shape index (κ2) is 12.8. The Balaban J connectivity index is 1.02. The van der Waals surface area contributed by atoms with Crippen LogP contribution in [-0.2, 0) is 0 Å². The van der Waals surface area contributed by atoms with Gasteiger partial charge >= 0.3 is 0 Å². The Labute approximate surface area is 335 Å². The van der Waals surface area contributed by atoms with Gasteiger partial charge in [-0.05, 0) is 77.9 Å². The Kier molecular flexibility index (Phi) is 7.24. The lowest BCUT2D eigenvalue weighted by atomic mass is 10.0. The molecule has 4 nitrogen and oxygen atoms in total. The quantitative estimate of drug-likeness (QED) is 0.175. The summed E-state index contributed by atoms with van der Waals surface area (Å²) in [5.74, 6) is 2.00. The highest BCUT2D eigenvalue weighted by Gasteiger charge is 2.18. The van der Waals surface area contributed by atoms with Crippen molar-refractivity contribution in [1.29, 1.82) is 0 Å². The first-order valence-corrected chi connectivity index (χ1v) is 20.6. The maximum absolute atomic E-state index is 5.22. The highest BCUT2D eigenvalue weighted by molar-refractivity contribution is 7.26. The molecule has 0 amide bonds. The maximum Gasteiger partial charge on any atom is 0.165 e. The number of para-hydroxylation sites is 2. The van der Waals surface area contributed by atoms with Crippen molar-refractivity contribution in [3.8, 4) is 51.0 Å². The molecule has 4 aromatic heterocycles. The third kappa shape index (κ3) is 5.22. The van der Waals surface area contributed by atoms with Crippen molar-refractivity contribution in [1.82, 2.24) is 19.5 Å². The second-order valence-corrected chi connectivity index (χ2v) is 16.5. The minimum absolute atomic E-state index is 0.661. The fourth-order valence-corrected chi connectivity index (χ4v) is 10.6. The largest absolute Gasteiger partial charge is 0.309 e. The van der Waals surface area contributed by atoms with Crippen LogP contribution in [0.5, 0.6) is 0 Å². The molecule has 12 aromatic rings. The van der Waals surface area contributed by atoms with Crippen molar-refractivity contribution < 1.29 is 0 Å². The Morgan fingerprint density at radius 1 is 0.333 bits per heavy atom. The molecule has 0 unspecified atom stereocenters. The molecule has 0 N–H and O–H groups in total. The van der Waals surface area contributed by atoms with E-state index in [0.717, 1.165) is 22.4 Å². The molecule has 6 heteroatoms. The molecule has 8 aromatic carbocycles. The predicted molar refractivity (Wildman–Crippen MR) is 242 cm³/mol. The van der Waals surface area contributed by atoms with Crippen LogP contribution in [0.1, 0.15) is 0 Å². The van der Waals surface area contributed by atoms with E-state index in [1.54, 1.807) is 11.3 Å². The van der Waals surface area contributed by atoms with E-state index in [2.05, 4.69) is 168 Å². The molecule has 4 heterocycles. The molecular weight excluding hydrogens is 733 g/mol. The number of rotatable bonds is 5. The molecule has 0 aliphatic heterocycles. The normalized spacial score (nSPS) is 11.9. The van der Waals surface area contributed by atoms with Crippen molar-refractivity contribution in [3.63, 3.8) is 0 Å². The van der Waals surface area contributed by atoms with Gasteiger partial charge in [-0.1, -0.05) is 115 Å². The molecule has 0 radical (unpaired) electrons. The van der Waals surface area contributed by atoms with Gasteiger partial charge in [0.05, 0.1) is 11.0 Å². The SMILES string of the molecule is c1ccc(-c2nc(-c3ccc4sc5ccc(-c6ccc7c8ccccc8n(-c8ccccc8)c7c6)cc5c4c3)nc(-c3cccc4c3sc3ccccc34)n2)cc1. The van der Waals surface area contributed by atoms with Gasteiger partial charge in [0.2, 0.25) is 0 Å². The van der Waals surface area contributed by atoms with Gasteiger partial charge in [-0.15, -0.1) is 22.7 Å². The number of benzene rings is 8. The van der Waals surface area contributed by atoms with Gasteiger partial charge in [0, 0.05) is 73.5 Å². The second-order valence-electron chi connectivity index (χ2n) is 14.4. The zero-order valence-electron chi connectivity index (χ0n) is 30.4. The molecule has 0 aliphatic rings. The molecule has 0 bridgehead atoms. The minimum Gasteiger partial charge on any atom is -0.309 e. The summed E-state index contributed by atoms with van der Waals surface area (Å²) >= 11 is 3.61. The van der Waals surface area contributed by atoms with Crippen molar-refractivity contribution in [2.45, 2.75) is 0 Å². The molecule has 0 fully saturated rings. The van der Waals surface area contributed by atoms with Crippen LogP contribution in [0.25, 0.3) is 113 Å². The van der Waals surface area contributed by atoms with Crippen molar-refractivity contribution >= 4 is 84.8 Å². The summed E-state index contributed by atoms with van der Waals surface area (Å²) in [5.41, 5.74) is 8.87. The van der Waals surface area contributed by atoms with Crippen molar-refractivity contribution in [3.05, 3.63) is 182 Å². The average Bonchev–Trinajstić information content (AvgIpc) is 3.95. The third-order valence-corrected chi connectivity index (χ3v) is 13.4. The summed E-state index contributed by atoms with van der Waals surface area (Å²) in [7, 11) is 0. The van der Waals surface area contributed by atoms with Gasteiger partial charge in [-0.3, -0.25) is 0 Å². The first kappa shape index (κ1) is 32.3. The summed E-state index contributed by atoms with van der Waals surface area (Å²) in [6.07, 6.45) is 0. The van der Waals surface area contributed by atoms with E-state index in [0.29, 0.717) is 17.5 Å². The fraction of sp³-hybridized carbons (Fsp3) is 0.